The fourth-order valence-electron chi connectivity index (χ4n) is 1.55. The monoisotopic (exact) mass is 210 g/mol. The molecular formula is C11H14O2S. The minimum absolute atomic E-state index is 0.0215. The second-order valence-electron chi connectivity index (χ2n) is 3.59. The van der Waals surface area contributed by atoms with Crippen LogP contribution in [-0.2, 0) is 15.5 Å². The fourth-order valence-corrected chi connectivity index (χ4v) is 2.70. The van der Waals surface area contributed by atoms with Crippen LogP contribution in [0.15, 0.2) is 30.3 Å². The van der Waals surface area contributed by atoms with Gasteiger partial charge in [-0.25, -0.2) is 0 Å². The lowest BCUT2D eigenvalue weighted by atomic mass is 10.1. The highest BCUT2D eigenvalue weighted by Crippen LogP contribution is 2.24. The summed E-state index contributed by atoms with van der Waals surface area (Å²) in [5.41, 5.74) is 1.13. The van der Waals surface area contributed by atoms with E-state index in [0.29, 0.717) is 12.4 Å². The van der Waals surface area contributed by atoms with Crippen molar-refractivity contribution in [3.63, 3.8) is 0 Å². The summed E-state index contributed by atoms with van der Waals surface area (Å²) in [5.74, 6) is 0.630. The maximum absolute atomic E-state index is 11.6. The predicted molar refractivity (Wildman–Crippen MR) is 57.6 cm³/mol. The van der Waals surface area contributed by atoms with Gasteiger partial charge in [0, 0.05) is 10.8 Å². The van der Waals surface area contributed by atoms with E-state index in [1.54, 1.807) is 0 Å². The van der Waals surface area contributed by atoms with E-state index in [9.17, 15) is 4.21 Å². The van der Waals surface area contributed by atoms with Crippen molar-refractivity contribution in [2.45, 2.75) is 18.3 Å². The van der Waals surface area contributed by atoms with Crippen molar-refractivity contribution in [3.05, 3.63) is 35.9 Å². The van der Waals surface area contributed by atoms with Crippen molar-refractivity contribution < 1.29 is 8.95 Å². The lowest BCUT2D eigenvalue weighted by Gasteiger charge is -2.26. The van der Waals surface area contributed by atoms with E-state index in [0.717, 1.165) is 5.56 Å². The first-order valence-corrected chi connectivity index (χ1v) is 6.19. The maximum Gasteiger partial charge on any atom is 0.0940 e. The first kappa shape index (κ1) is 9.87. The van der Waals surface area contributed by atoms with Gasteiger partial charge in [0.1, 0.15) is 0 Å². The molecule has 0 radical (unpaired) electrons. The van der Waals surface area contributed by atoms with Gasteiger partial charge in [0.05, 0.1) is 23.7 Å². The Balaban J connectivity index is 2.11. The molecule has 3 heteroatoms. The van der Waals surface area contributed by atoms with Crippen molar-refractivity contribution in [1.82, 2.24) is 0 Å². The zero-order chi connectivity index (χ0) is 9.97. The Morgan fingerprint density at radius 2 is 2.07 bits per heavy atom. The number of ether oxygens (including phenoxy) is 1. The van der Waals surface area contributed by atoms with Gasteiger partial charge < -0.3 is 4.74 Å². The molecular weight excluding hydrogens is 196 g/mol. The highest BCUT2D eigenvalue weighted by Gasteiger charge is 2.25. The van der Waals surface area contributed by atoms with E-state index in [1.165, 1.54) is 0 Å². The van der Waals surface area contributed by atoms with Gasteiger partial charge in [-0.1, -0.05) is 30.3 Å². The number of hydrogen-bond acceptors (Lipinski definition) is 2. The van der Waals surface area contributed by atoms with E-state index < -0.39 is 10.8 Å². The molecule has 14 heavy (non-hydrogen) atoms. The van der Waals surface area contributed by atoms with Gasteiger partial charge in [-0.3, -0.25) is 4.21 Å². The molecule has 1 aromatic rings. The molecule has 0 aromatic heterocycles. The molecule has 0 saturated carbocycles. The predicted octanol–water partition coefficient (Wildman–Crippen LogP) is 1.90. The van der Waals surface area contributed by atoms with Crippen LogP contribution < -0.4 is 0 Å². The lowest BCUT2D eigenvalue weighted by Crippen LogP contribution is -2.31. The molecule has 1 heterocycles. The molecule has 1 aliphatic heterocycles. The average Bonchev–Trinajstić information content (AvgIpc) is 2.23. The molecule has 0 aliphatic carbocycles. The van der Waals surface area contributed by atoms with Crippen LogP contribution in [0.5, 0.6) is 0 Å². The van der Waals surface area contributed by atoms with Crippen molar-refractivity contribution in [2.24, 2.45) is 0 Å². The van der Waals surface area contributed by atoms with Gasteiger partial charge in [-0.2, -0.15) is 0 Å². The van der Waals surface area contributed by atoms with Crippen LogP contribution in [0, 0.1) is 0 Å². The van der Waals surface area contributed by atoms with E-state index in [1.807, 2.05) is 37.3 Å². The summed E-state index contributed by atoms with van der Waals surface area (Å²) in [7, 11) is -0.741. The summed E-state index contributed by atoms with van der Waals surface area (Å²) in [6.45, 7) is 2.57. The highest BCUT2D eigenvalue weighted by atomic mass is 32.2. The van der Waals surface area contributed by atoms with Crippen LogP contribution >= 0.6 is 0 Å². The summed E-state index contributed by atoms with van der Waals surface area (Å²) in [6.07, 6.45) is 0.0215. The molecule has 2 nitrogen and oxygen atoms in total. The third-order valence-electron chi connectivity index (χ3n) is 2.47. The normalized spacial score (nSPS) is 32.8. The molecule has 3 atom stereocenters. The molecule has 0 spiro atoms. The summed E-state index contributed by atoms with van der Waals surface area (Å²) in [4.78, 5) is 0. The smallest absolute Gasteiger partial charge is 0.0940 e. The molecule has 1 aromatic carbocycles. The van der Waals surface area contributed by atoms with Crippen LogP contribution in [0.2, 0.25) is 0 Å². The molecule has 0 N–H and O–H groups in total. The topological polar surface area (TPSA) is 26.3 Å². The number of hydrogen-bond donors (Lipinski definition) is 0. The third-order valence-corrected chi connectivity index (χ3v) is 4.13. The largest absolute Gasteiger partial charge is 0.371 e. The summed E-state index contributed by atoms with van der Waals surface area (Å²) in [5, 5.41) is 0.176. The number of rotatable bonds is 1. The Morgan fingerprint density at radius 3 is 2.71 bits per heavy atom. The molecule has 1 unspecified atom stereocenters. The van der Waals surface area contributed by atoms with E-state index in [-0.39, 0.29) is 11.4 Å². The summed E-state index contributed by atoms with van der Waals surface area (Å²) < 4.78 is 17.3. The van der Waals surface area contributed by atoms with E-state index in [4.69, 9.17) is 4.74 Å². The summed E-state index contributed by atoms with van der Waals surface area (Å²) >= 11 is 0. The Kier molecular flexibility index (Phi) is 2.99. The van der Waals surface area contributed by atoms with Gasteiger partial charge in [-0.05, 0) is 12.5 Å². The standard InChI is InChI=1S/C11H14O2S/c1-9-7-13-11(8-14(9)12)10-5-3-2-4-6-10/h2-6,9,11H,7-8H2,1H3/t9-,11+,14?/m1/s1. The first-order valence-electron chi connectivity index (χ1n) is 4.81. The second kappa shape index (κ2) is 4.24. The van der Waals surface area contributed by atoms with Crippen molar-refractivity contribution >= 4 is 10.8 Å². The fraction of sp³-hybridized carbons (Fsp3) is 0.455. The van der Waals surface area contributed by atoms with Gasteiger partial charge >= 0.3 is 0 Å². The molecule has 1 aliphatic rings. The Morgan fingerprint density at radius 1 is 1.36 bits per heavy atom. The molecule has 1 saturated heterocycles. The van der Waals surface area contributed by atoms with Gasteiger partial charge in [-0.15, -0.1) is 0 Å². The molecule has 0 amide bonds. The lowest BCUT2D eigenvalue weighted by molar-refractivity contribution is 0.0622. The maximum atomic E-state index is 11.6. The van der Waals surface area contributed by atoms with Crippen LogP contribution in [-0.4, -0.2) is 21.8 Å². The van der Waals surface area contributed by atoms with E-state index >= 15 is 0 Å². The summed E-state index contributed by atoms with van der Waals surface area (Å²) in [6, 6.07) is 10.0. The average molecular weight is 210 g/mol. The van der Waals surface area contributed by atoms with Crippen LogP contribution in [0.3, 0.4) is 0 Å². The van der Waals surface area contributed by atoms with E-state index in [2.05, 4.69) is 0 Å². The molecule has 2 rings (SSSR count). The quantitative estimate of drug-likeness (QED) is 0.707. The van der Waals surface area contributed by atoms with Gasteiger partial charge in [0.25, 0.3) is 0 Å². The van der Waals surface area contributed by atoms with Gasteiger partial charge in [0.2, 0.25) is 0 Å². The minimum Gasteiger partial charge on any atom is -0.371 e. The van der Waals surface area contributed by atoms with Crippen LogP contribution in [0.4, 0.5) is 0 Å². The minimum atomic E-state index is -0.741. The van der Waals surface area contributed by atoms with Crippen molar-refractivity contribution in [1.29, 1.82) is 0 Å². The Labute approximate surface area is 86.7 Å². The van der Waals surface area contributed by atoms with Gasteiger partial charge in [0.15, 0.2) is 0 Å². The molecule has 1 fully saturated rings. The third kappa shape index (κ3) is 2.04. The molecule has 76 valence electrons. The Hall–Kier alpha value is -0.670. The Bertz CT molecular complexity index is 323. The van der Waals surface area contributed by atoms with Crippen molar-refractivity contribution in [3.8, 4) is 0 Å². The van der Waals surface area contributed by atoms with Crippen LogP contribution in [0.25, 0.3) is 0 Å². The van der Waals surface area contributed by atoms with Crippen molar-refractivity contribution in [2.75, 3.05) is 12.4 Å². The highest BCUT2D eigenvalue weighted by molar-refractivity contribution is 7.85. The SMILES string of the molecule is C[C@@H]1CO[C@H](c2ccccc2)CS1=O. The second-order valence-corrected chi connectivity index (χ2v) is 5.49. The first-order chi connectivity index (χ1) is 6.77. The molecule has 0 bridgehead atoms. The number of benzene rings is 1. The zero-order valence-electron chi connectivity index (χ0n) is 8.18. The van der Waals surface area contributed by atoms with Crippen LogP contribution in [0.1, 0.15) is 18.6 Å². The zero-order valence-corrected chi connectivity index (χ0v) is 9.00.